The molecule has 6 nitrogen and oxygen atoms in total. The number of amides is 2. The molecule has 2 aliphatic rings. The van der Waals surface area contributed by atoms with Crippen LogP contribution in [0.1, 0.15) is 32.1 Å². The zero-order valence-corrected chi connectivity index (χ0v) is 18.3. The van der Waals surface area contributed by atoms with Crippen LogP contribution in [0.5, 0.6) is 0 Å². The van der Waals surface area contributed by atoms with E-state index in [2.05, 4.69) is 10.6 Å². The zero-order chi connectivity index (χ0) is 21.8. The van der Waals surface area contributed by atoms with E-state index in [4.69, 9.17) is 11.6 Å². The number of carbonyl (C=O) groups is 2. The van der Waals surface area contributed by atoms with Gasteiger partial charge in [-0.1, -0.05) is 32.1 Å². The van der Waals surface area contributed by atoms with Crippen molar-refractivity contribution in [2.24, 2.45) is 17.8 Å². The molecule has 1 saturated heterocycles. The second kappa shape index (κ2) is 10.1. The number of aromatic nitrogens is 1. The molecule has 10 heteroatoms. The van der Waals surface area contributed by atoms with Gasteiger partial charge in [0.15, 0.2) is 5.82 Å². The van der Waals surface area contributed by atoms with Crippen molar-refractivity contribution < 1.29 is 18.4 Å². The molecule has 0 aromatic carbocycles. The Bertz CT molecular complexity index is 847. The van der Waals surface area contributed by atoms with Crippen molar-refractivity contribution in [3.05, 3.63) is 28.4 Å². The summed E-state index contributed by atoms with van der Waals surface area (Å²) in [4.78, 5) is 37.4. The van der Waals surface area contributed by atoms with Crippen molar-refractivity contribution in [2.75, 3.05) is 19.0 Å². The quantitative estimate of drug-likeness (QED) is 0.638. The number of hydrogen-bond acceptors (Lipinski definition) is 4. The molecule has 2 fully saturated rings. The van der Waals surface area contributed by atoms with Crippen LogP contribution in [0, 0.1) is 23.6 Å². The summed E-state index contributed by atoms with van der Waals surface area (Å²) in [6.45, 7) is -1.13. The lowest BCUT2D eigenvalue weighted by Gasteiger charge is -2.33. The van der Waals surface area contributed by atoms with Gasteiger partial charge >= 0.3 is 0 Å². The average Bonchev–Trinajstić information content (AvgIpc) is 3.09. The minimum Gasteiger partial charge on any atom is -0.359 e. The van der Waals surface area contributed by atoms with Gasteiger partial charge in [0.25, 0.3) is 5.56 Å². The molecule has 2 heterocycles. The number of alkyl halides is 2. The number of aryl methyl sites for hydroxylation is 1. The number of pyridine rings is 1. The van der Waals surface area contributed by atoms with Gasteiger partial charge in [-0.25, -0.2) is 8.78 Å². The fraction of sp³-hybridized carbons (Fsp3) is 0.650. The highest BCUT2D eigenvalue weighted by atomic mass is 35.5. The summed E-state index contributed by atoms with van der Waals surface area (Å²) in [6.07, 6.45) is 6.33. The summed E-state index contributed by atoms with van der Waals surface area (Å²) in [6, 6.07) is 0.929. The Morgan fingerprint density at radius 1 is 1.27 bits per heavy atom. The molecule has 4 unspecified atom stereocenters. The summed E-state index contributed by atoms with van der Waals surface area (Å²) in [5, 5.41) is 4.72. The van der Waals surface area contributed by atoms with Crippen LogP contribution in [0.2, 0.25) is 0 Å². The Kier molecular flexibility index (Phi) is 7.79. The van der Waals surface area contributed by atoms with Crippen molar-refractivity contribution in [3.8, 4) is 0 Å². The molecule has 1 aromatic rings. The minimum atomic E-state index is -1.07. The third-order valence-electron chi connectivity index (χ3n) is 5.96. The molecule has 30 heavy (non-hydrogen) atoms. The first-order chi connectivity index (χ1) is 14.4. The van der Waals surface area contributed by atoms with E-state index in [-0.39, 0.29) is 30.0 Å². The molecular weight excluding hydrogens is 436 g/mol. The Hall–Kier alpha value is -1.61. The van der Waals surface area contributed by atoms with E-state index in [9.17, 15) is 23.2 Å². The van der Waals surface area contributed by atoms with Crippen molar-refractivity contribution in [1.82, 2.24) is 9.88 Å². The van der Waals surface area contributed by atoms with Crippen molar-refractivity contribution in [1.29, 1.82) is 0 Å². The molecule has 2 amide bonds. The Balaban J connectivity index is 1.86. The number of anilines is 1. The maximum atomic E-state index is 13.9. The summed E-state index contributed by atoms with van der Waals surface area (Å²) >= 11 is 7.73. The van der Waals surface area contributed by atoms with Crippen LogP contribution >= 0.6 is 23.4 Å². The molecule has 1 aliphatic heterocycles. The molecule has 1 aromatic heterocycles. The van der Waals surface area contributed by atoms with Gasteiger partial charge in [0.2, 0.25) is 11.8 Å². The number of nitrogens with zero attached hydrogens (tertiary/aromatic N) is 1. The molecule has 166 valence electrons. The molecule has 0 radical (unpaired) electrons. The van der Waals surface area contributed by atoms with Gasteiger partial charge in [-0.05, 0) is 11.8 Å². The molecule has 0 bridgehead atoms. The third kappa shape index (κ3) is 4.82. The normalized spacial score (nSPS) is 27.1. The van der Waals surface area contributed by atoms with Crippen LogP contribution in [0.4, 0.5) is 14.5 Å². The van der Waals surface area contributed by atoms with E-state index in [0.29, 0.717) is 0 Å². The van der Waals surface area contributed by atoms with Crippen LogP contribution in [0.15, 0.2) is 17.1 Å². The molecule has 4 atom stereocenters. The molecule has 3 rings (SSSR count). The zero-order valence-electron chi connectivity index (χ0n) is 16.7. The minimum absolute atomic E-state index is 0.0723. The van der Waals surface area contributed by atoms with E-state index in [1.54, 1.807) is 7.05 Å². The predicted molar refractivity (Wildman–Crippen MR) is 114 cm³/mol. The molecule has 1 aliphatic carbocycles. The summed E-state index contributed by atoms with van der Waals surface area (Å²) < 4.78 is 26.9. The Labute approximate surface area is 183 Å². The first-order valence-corrected chi connectivity index (χ1v) is 11.5. The van der Waals surface area contributed by atoms with Gasteiger partial charge in [-0.15, -0.1) is 23.4 Å². The number of hydrogen-bond donors (Lipinski definition) is 2. The Morgan fingerprint density at radius 3 is 2.60 bits per heavy atom. The van der Waals surface area contributed by atoms with E-state index in [0.717, 1.165) is 42.7 Å². The molecule has 0 spiro atoms. The van der Waals surface area contributed by atoms with Crippen LogP contribution in [0.3, 0.4) is 0 Å². The monoisotopic (exact) mass is 461 g/mol. The van der Waals surface area contributed by atoms with Gasteiger partial charge < -0.3 is 15.2 Å². The van der Waals surface area contributed by atoms with Crippen molar-refractivity contribution >= 4 is 40.9 Å². The van der Waals surface area contributed by atoms with Gasteiger partial charge in [0.1, 0.15) is 6.67 Å². The first kappa shape index (κ1) is 23.1. The highest BCUT2D eigenvalue weighted by Crippen LogP contribution is 2.51. The summed E-state index contributed by atoms with van der Waals surface area (Å²) in [7, 11) is 1.55. The van der Waals surface area contributed by atoms with Gasteiger partial charge in [0.05, 0.1) is 28.1 Å². The number of thioether (sulfide) groups is 1. The van der Waals surface area contributed by atoms with Crippen molar-refractivity contribution in [2.45, 2.75) is 48.6 Å². The standard InChI is InChI=1S/C20H26ClF2N3O3S/c1-24-18(27)15-14(11-5-3-2-4-6-11)16(30-17(15)21)19(28)25-12-9-13(23)20(29)26(10-12)8-7-22/h9-11,14-17H,2-8H2,1H3,(H,24,27)(H,25,28). The largest absolute Gasteiger partial charge is 0.359 e. The van der Waals surface area contributed by atoms with E-state index >= 15 is 0 Å². The first-order valence-electron chi connectivity index (χ1n) is 10.1. The van der Waals surface area contributed by atoms with E-state index in [1.165, 1.54) is 18.0 Å². The highest BCUT2D eigenvalue weighted by Gasteiger charge is 2.52. The predicted octanol–water partition coefficient (Wildman–Crippen LogP) is 3.13. The lowest BCUT2D eigenvalue weighted by atomic mass is 9.72. The average molecular weight is 462 g/mol. The molecule has 1 saturated carbocycles. The van der Waals surface area contributed by atoms with Crippen LogP contribution < -0.4 is 16.2 Å². The SMILES string of the molecule is CNC(=O)C1C(Cl)SC(C(=O)Nc2cc(F)c(=O)n(CCF)c2)C1C1CCCCC1. The lowest BCUT2D eigenvalue weighted by Crippen LogP contribution is -2.42. The fourth-order valence-electron chi connectivity index (χ4n) is 4.57. The van der Waals surface area contributed by atoms with Gasteiger partial charge in [0, 0.05) is 19.3 Å². The van der Waals surface area contributed by atoms with E-state index in [1.807, 2.05) is 0 Å². The maximum absolute atomic E-state index is 13.9. The fourth-order valence-corrected chi connectivity index (χ4v) is 6.70. The van der Waals surface area contributed by atoms with Crippen LogP contribution in [-0.4, -0.2) is 40.1 Å². The second-order valence-electron chi connectivity index (χ2n) is 7.78. The van der Waals surface area contributed by atoms with Gasteiger partial charge in [-0.2, -0.15) is 0 Å². The van der Waals surface area contributed by atoms with Gasteiger partial charge in [-0.3, -0.25) is 14.4 Å². The van der Waals surface area contributed by atoms with Crippen LogP contribution in [0.25, 0.3) is 0 Å². The number of rotatable bonds is 6. The smallest absolute Gasteiger partial charge is 0.286 e. The molecular formula is C20H26ClF2N3O3S. The second-order valence-corrected chi connectivity index (χ2v) is 9.79. The topological polar surface area (TPSA) is 80.2 Å². The summed E-state index contributed by atoms with van der Waals surface area (Å²) in [5.41, 5.74) is -0.871. The third-order valence-corrected chi connectivity index (χ3v) is 7.92. The van der Waals surface area contributed by atoms with Crippen LogP contribution in [-0.2, 0) is 16.1 Å². The summed E-state index contributed by atoms with van der Waals surface area (Å²) in [5.74, 6) is -2.18. The number of nitrogens with one attached hydrogen (secondary N) is 2. The maximum Gasteiger partial charge on any atom is 0.286 e. The highest BCUT2D eigenvalue weighted by molar-refractivity contribution is 8.02. The lowest BCUT2D eigenvalue weighted by molar-refractivity contribution is -0.126. The van der Waals surface area contributed by atoms with E-state index < -0.39 is 39.8 Å². The Morgan fingerprint density at radius 2 is 1.97 bits per heavy atom. The number of halogens is 3. The van der Waals surface area contributed by atoms with Crippen molar-refractivity contribution in [3.63, 3.8) is 0 Å². The molecule has 2 N–H and O–H groups in total. The number of carbonyl (C=O) groups excluding carboxylic acids is 2.